The predicted octanol–water partition coefficient (Wildman–Crippen LogP) is 1.70. The maximum Gasteiger partial charge on any atom is 0.152 e. The molecule has 1 atom stereocenters. The molecule has 5 nitrogen and oxygen atoms in total. The van der Waals surface area contributed by atoms with Crippen LogP contribution in [-0.4, -0.2) is 22.1 Å². The van der Waals surface area contributed by atoms with E-state index in [2.05, 4.69) is 34.8 Å². The van der Waals surface area contributed by atoms with E-state index in [4.69, 9.17) is 11.0 Å². The fraction of sp³-hybridized carbons (Fsp3) is 0.583. The zero-order valence-electron chi connectivity index (χ0n) is 10.3. The maximum atomic E-state index is 9.17. The lowest BCUT2D eigenvalue weighted by Gasteiger charge is -2.35. The molecule has 0 radical (unpaired) electrons. The van der Waals surface area contributed by atoms with Crippen LogP contribution in [0.25, 0.3) is 0 Å². The third kappa shape index (κ3) is 1.80. The first-order valence-corrected chi connectivity index (χ1v) is 5.90. The van der Waals surface area contributed by atoms with E-state index >= 15 is 0 Å². The van der Waals surface area contributed by atoms with Crippen molar-refractivity contribution in [2.24, 2.45) is 0 Å². The minimum Gasteiger partial charge on any atom is -0.382 e. The molecule has 0 bridgehead atoms. The molecule has 1 saturated heterocycles. The average molecular weight is 231 g/mol. The van der Waals surface area contributed by atoms with Crippen LogP contribution >= 0.6 is 0 Å². The summed E-state index contributed by atoms with van der Waals surface area (Å²) in [6.07, 6.45) is 4.71. The van der Waals surface area contributed by atoms with Gasteiger partial charge in [-0.1, -0.05) is 6.92 Å². The fourth-order valence-corrected chi connectivity index (χ4v) is 2.45. The number of hydrogen-bond acceptors (Lipinski definition) is 5. The second-order valence-corrected chi connectivity index (χ2v) is 4.68. The Hall–Kier alpha value is -1.83. The summed E-state index contributed by atoms with van der Waals surface area (Å²) >= 11 is 0. The summed E-state index contributed by atoms with van der Waals surface area (Å²) in [7, 11) is 0. The number of nitrogens with zero attached hydrogens (tertiary/aromatic N) is 4. The molecule has 90 valence electrons. The number of aromatic nitrogens is 2. The molecule has 1 fully saturated rings. The highest BCUT2D eigenvalue weighted by Crippen LogP contribution is 2.37. The average Bonchev–Trinajstić information content (AvgIpc) is 2.71. The van der Waals surface area contributed by atoms with Gasteiger partial charge in [0.1, 0.15) is 23.8 Å². The van der Waals surface area contributed by atoms with Crippen molar-refractivity contribution in [1.82, 2.24) is 9.97 Å². The molecule has 1 aliphatic heterocycles. The van der Waals surface area contributed by atoms with Gasteiger partial charge in [0.2, 0.25) is 0 Å². The van der Waals surface area contributed by atoms with Crippen molar-refractivity contribution in [1.29, 1.82) is 5.26 Å². The maximum absolute atomic E-state index is 9.17. The molecule has 1 unspecified atom stereocenters. The summed E-state index contributed by atoms with van der Waals surface area (Å²) in [6.45, 7) is 5.30. The molecule has 17 heavy (non-hydrogen) atoms. The Morgan fingerprint density at radius 2 is 2.35 bits per heavy atom. The van der Waals surface area contributed by atoms with Gasteiger partial charge in [-0.05, 0) is 26.2 Å². The first kappa shape index (κ1) is 11.6. The van der Waals surface area contributed by atoms with E-state index in [1.165, 1.54) is 6.33 Å². The molecule has 0 aliphatic carbocycles. The Labute approximate surface area is 101 Å². The van der Waals surface area contributed by atoms with Crippen LogP contribution in [-0.2, 0) is 0 Å². The molecule has 0 saturated carbocycles. The van der Waals surface area contributed by atoms with Crippen molar-refractivity contribution in [3.63, 3.8) is 0 Å². The summed E-state index contributed by atoms with van der Waals surface area (Å²) in [5, 5.41) is 9.17. The van der Waals surface area contributed by atoms with Crippen molar-refractivity contribution in [2.45, 2.75) is 38.6 Å². The van der Waals surface area contributed by atoms with Gasteiger partial charge in [0.15, 0.2) is 5.82 Å². The van der Waals surface area contributed by atoms with Gasteiger partial charge in [0, 0.05) is 12.1 Å². The van der Waals surface area contributed by atoms with Crippen LogP contribution in [0.5, 0.6) is 0 Å². The van der Waals surface area contributed by atoms with Gasteiger partial charge in [-0.2, -0.15) is 5.26 Å². The molecule has 0 aromatic carbocycles. The molecular weight excluding hydrogens is 214 g/mol. The van der Waals surface area contributed by atoms with Crippen LogP contribution in [0.15, 0.2) is 6.33 Å². The quantitative estimate of drug-likeness (QED) is 0.838. The molecule has 2 rings (SSSR count). The first-order valence-electron chi connectivity index (χ1n) is 5.90. The van der Waals surface area contributed by atoms with Crippen LogP contribution < -0.4 is 10.6 Å². The summed E-state index contributed by atoms with van der Waals surface area (Å²) in [4.78, 5) is 10.3. The Morgan fingerprint density at radius 1 is 1.59 bits per heavy atom. The Bertz CT molecular complexity index is 464. The Morgan fingerprint density at radius 3 is 3.00 bits per heavy atom. The second kappa shape index (κ2) is 4.21. The van der Waals surface area contributed by atoms with Gasteiger partial charge in [-0.25, -0.2) is 9.97 Å². The summed E-state index contributed by atoms with van der Waals surface area (Å²) in [5.41, 5.74) is 6.20. The molecular formula is C12H17N5. The zero-order valence-corrected chi connectivity index (χ0v) is 10.3. The SMILES string of the molecule is CCC1(C)CCCN1c1ncnc(N)c1C#N. The summed E-state index contributed by atoms with van der Waals surface area (Å²) < 4.78 is 0. The topological polar surface area (TPSA) is 78.8 Å². The lowest BCUT2D eigenvalue weighted by molar-refractivity contribution is 0.449. The van der Waals surface area contributed by atoms with Crippen molar-refractivity contribution in [3.05, 3.63) is 11.9 Å². The molecule has 0 amide bonds. The monoisotopic (exact) mass is 231 g/mol. The van der Waals surface area contributed by atoms with Gasteiger partial charge < -0.3 is 10.6 Å². The predicted molar refractivity (Wildman–Crippen MR) is 66.4 cm³/mol. The Kier molecular flexibility index (Phi) is 2.88. The van der Waals surface area contributed by atoms with Gasteiger partial charge >= 0.3 is 0 Å². The van der Waals surface area contributed by atoms with E-state index in [1.807, 2.05) is 0 Å². The summed E-state index contributed by atoms with van der Waals surface area (Å²) in [6, 6.07) is 2.11. The highest BCUT2D eigenvalue weighted by molar-refractivity contribution is 5.64. The number of nitriles is 1. The van der Waals surface area contributed by atoms with Crippen LogP contribution in [0.2, 0.25) is 0 Å². The van der Waals surface area contributed by atoms with E-state index in [0.29, 0.717) is 11.4 Å². The molecule has 2 N–H and O–H groups in total. The van der Waals surface area contributed by atoms with Gasteiger partial charge in [0.05, 0.1) is 0 Å². The molecule has 1 aromatic heterocycles. The standard InChI is InChI=1S/C12H17N5/c1-3-12(2)5-4-6-17(12)11-9(7-13)10(14)15-8-16-11/h8H,3-6H2,1-2H3,(H2,14,15,16). The fourth-order valence-electron chi connectivity index (χ4n) is 2.45. The molecule has 1 aromatic rings. The number of nitrogen functional groups attached to an aromatic ring is 1. The minimum absolute atomic E-state index is 0.0758. The number of anilines is 2. The molecule has 0 spiro atoms. The molecule has 5 heteroatoms. The number of nitrogens with two attached hydrogens (primary N) is 1. The van der Waals surface area contributed by atoms with E-state index < -0.39 is 0 Å². The number of rotatable bonds is 2. The van der Waals surface area contributed by atoms with E-state index in [1.54, 1.807) is 0 Å². The lowest BCUT2D eigenvalue weighted by atomic mass is 9.95. The largest absolute Gasteiger partial charge is 0.382 e. The molecule has 1 aliphatic rings. The third-order valence-electron chi connectivity index (χ3n) is 3.73. The zero-order chi connectivity index (χ0) is 12.5. The lowest BCUT2D eigenvalue weighted by Crippen LogP contribution is -2.41. The van der Waals surface area contributed by atoms with Crippen molar-refractivity contribution in [3.8, 4) is 6.07 Å². The van der Waals surface area contributed by atoms with Gasteiger partial charge in [0.25, 0.3) is 0 Å². The van der Waals surface area contributed by atoms with E-state index in [9.17, 15) is 0 Å². The number of hydrogen-bond donors (Lipinski definition) is 1. The van der Waals surface area contributed by atoms with E-state index in [-0.39, 0.29) is 11.4 Å². The summed E-state index contributed by atoms with van der Waals surface area (Å²) in [5.74, 6) is 0.949. The minimum atomic E-state index is 0.0758. The molecule has 2 heterocycles. The van der Waals surface area contributed by atoms with Crippen LogP contribution in [0.1, 0.15) is 38.7 Å². The first-order chi connectivity index (χ1) is 8.12. The highest BCUT2D eigenvalue weighted by atomic mass is 15.3. The van der Waals surface area contributed by atoms with Crippen LogP contribution in [0.3, 0.4) is 0 Å². The smallest absolute Gasteiger partial charge is 0.152 e. The second-order valence-electron chi connectivity index (χ2n) is 4.68. The third-order valence-corrected chi connectivity index (χ3v) is 3.73. The van der Waals surface area contributed by atoms with Crippen molar-refractivity contribution in [2.75, 3.05) is 17.2 Å². The van der Waals surface area contributed by atoms with Crippen molar-refractivity contribution < 1.29 is 0 Å². The van der Waals surface area contributed by atoms with Crippen LogP contribution in [0.4, 0.5) is 11.6 Å². The van der Waals surface area contributed by atoms with Gasteiger partial charge in [-0.15, -0.1) is 0 Å². The normalized spacial score (nSPS) is 23.7. The van der Waals surface area contributed by atoms with Crippen LogP contribution in [0, 0.1) is 11.3 Å². The van der Waals surface area contributed by atoms with Crippen molar-refractivity contribution >= 4 is 11.6 Å². The Balaban J connectivity index is 2.48. The van der Waals surface area contributed by atoms with E-state index in [0.717, 1.165) is 25.8 Å². The highest BCUT2D eigenvalue weighted by Gasteiger charge is 2.37. The van der Waals surface area contributed by atoms with Gasteiger partial charge in [-0.3, -0.25) is 0 Å².